The van der Waals surface area contributed by atoms with Gasteiger partial charge in [-0.1, -0.05) is 176 Å². The summed E-state index contributed by atoms with van der Waals surface area (Å²) < 4.78 is 6.59. The molecule has 294 valence electrons. The minimum Gasteiger partial charge on any atom is -0.456 e. The predicted octanol–water partition coefficient (Wildman–Crippen LogP) is 15.0. The molecular weight excluding hydrogens is 769 g/mol. The highest BCUT2D eigenvalue weighted by Crippen LogP contribution is 2.39. The lowest BCUT2D eigenvalue weighted by atomic mass is 9.96. The van der Waals surface area contributed by atoms with Crippen molar-refractivity contribution >= 4 is 21.9 Å². The van der Waals surface area contributed by atoms with Gasteiger partial charge in [-0.25, -0.2) is 15.0 Å². The minimum absolute atomic E-state index is 0.540. The Balaban J connectivity index is 0.992. The van der Waals surface area contributed by atoms with Crippen LogP contribution in [0, 0.1) is 11.3 Å². The van der Waals surface area contributed by atoms with Crippen molar-refractivity contribution in [1.82, 2.24) is 15.0 Å². The molecule has 0 amide bonds. The number of hydrogen-bond donors (Lipinski definition) is 0. The molecule has 0 fully saturated rings. The molecule has 9 aromatic carbocycles. The van der Waals surface area contributed by atoms with Gasteiger partial charge in [0.25, 0.3) is 0 Å². The first-order valence-corrected chi connectivity index (χ1v) is 20.9. The van der Waals surface area contributed by atoms with Crippen molar-refractivity contribution in [2.24, 2.45) is 0 Å². The number of nitrogens with zero attached hydrogens (tertiary/aromatic N) is 4. The highest BCUT2D eigenvalue weighted by Gasteiger charge is 2.18. The van der Waals surface area contributed by atoms with Gasteiger partial charge in [-0.3, -0.25) is 0 Å². The quantitative estimate of drug-likeness (QED) is 0.153. The summed E-state index contributed by atoms with van der Waals surface area (Å²) in [7, 11) is 0. The van der Waals surface area contributed by atoms with Crippen molar-refractivity contribution in [3.8, 4) is 95.9 Å². The van der Waals surface area contributed by atoms with Crippen molar-refractivity contribution in [2.45, 2.75) is 0 Å². The van der Waals surface area contributed by atoms with E-state index in [-0.39, 0.29) is 0 Å². The van der Waals surface area contributed by atoms with Gasteiger partial charge in [0.05, 0.1) is 11.6 Å². The fourth-order valence-electron chi connectivity index (χ4n) is 8.37. The maximum Gasteiger partial charge on any atom is 0.164 e. The van der Waals surface area contributed by atoms with Crippen LogP contribution in [0.1, 0.15) is 5.56 Å². The van der Waals surface area contributed by atoms with Crippen LogP contribution in [0.5, 0.6) is 0 Å². The molecule has 0 saturated heterocycles. The highest BCUT2D eigenvalue weighted by atomic mass is 16.3. The van der Waals surface area contributed by atoms with Crippen LogP contribution in [0.4, 0.5) is 0 Å². The van der Waals surface area contributed by atoms with Crippen LogP contribution >= 0.6 is 0 Å². The van der Waals surface area contributed by atoms with Gasteiger partial charge in [-0.15, -0.1) is 0 Å². The highest BCUT2D eigenvalue weighted by molar-refractivity contribution is 6.13. The van der Waals surface area contributed by atoms with Crippen LogP contribution < -0.4 is 0 Å². The second kappa shape index (κ2) is 16.0. The molecule has 0 radical (unpaired) electrons. The molecule has 0 spiro atoms. The normalized spacial score (nSPS) is 11.2. The van der Waals surface area contributed by atoms with Gasteiger partial charge in [0.15, 0.2) is 17.5 Å². The van der Waals surface area contributed by atoms with Crippen molar-refractivity contribution in [1.29, 1.82) is 5.26 Å². The third-order valence-corrected chi connectivity index (χ3v) is 11.6. The topological polar surface area (TPSA) is 75.6 Å². The average molecular weight is 805 g/mol. The van der Waals surface area contributed by atoms with Crippen LogP contribution in [-0.2, 0) is 0 Å². The van der Waals surface area contributed by atoms with Crippen LogP contribution in [-0.4, -0.2) is 15.0 Å². The first-order chi connectivity index (χ1) is 31.1. The van der Waals surface area contributed by atoms with Crippen LogP contribution in [0.3, 0.4) is 0 Å². The predicted molar refractivity (Wildman–Crippen MR) is 255 cm³/mol. The molecule has 11 rings (SSSR count). The second-order valence-electron chi connectivity index (χ2n) is 15.5. The molecule has 63 heavy (non-hydrogen) atoms. The van der Waals surface area contributed by atoms with Crippen molar-refractivity contribution < 1.29 is 4.42 Å². The molecular formula is C58H36N4O. The van der Waals surface area contributed by atoms with Gasteiger partial charge in [0, 0.05) is 27.5 Å². The summed E-state index contributed by atoms with van der Waals surface area (Å²) in [6.07, 6.45) is 0. The van der Waals surface area contributed by atoms with E-state index in [1.54, 1.807) is 0 Å². The Labute approximate surface area is 364 Å². The number of benzene rings is 9. The van der Waals surface area contributed by atoms with Gasteiger partial charge in [-0.2, -0.15) is 5.26 Å². The smallest absolute Gasteiger partial charge is 0.164 e. The van der Waals surface area contributed by atoms with E-state index in [0.29, 0.717) is 23.0 Å². The minimum atomic E-state index is 0.540. The third-order valence-electron chi connectivity index (χ3n) is 11.6. The molecule has 0 aliphatic rings. The number of rotatable bonds is 8. The summed E-state index contributed by atoms with van der Waals surface area (Å²) in [6, 6.07) is 77.0. The van der Waals surface area contributed by atoms with E-state index in [9.17, 15) is 5.26 Å². The molecule has 0 N–H and O–H groups in total. The van der Waals surface area contributed by atoms with E-state index in [1.165, 1.54) is 16.7 Å². The maximum atomic E-state index is 9.49. The van der Waals surface area contributed by atoms with Crippen molar-refractivity contribution in [2.75, 3.05) is 0 Å². The zero-order chi connectivity index (χ0) is 42.1. The maximum absolute atomic E-state index is 9.49. The van der Waals surface area contributed by atoms with Crippen molar-refractivity contribution in [3.05, 3.63) is 224 Å². The third kappa shape index (κ3) is 7.33. The lowest BCUT2D eigenvalue weighted by molar-refractivity contribution is 0.669. The summed E-state index contributed by atoms with van der Waals surface area (Å²) >= 11 is 0. The number of hydrogen-bond acceptors (Lipinski definition) is 5. The molecule has 0 aliphatic heterocycles. The summed E-state index contributed by atoms with van der Waals surface area (Å²) in [5.74, 6) is 1.66. The fraction of sp³-hybridized carbons (Fsp3) is 0. The lowest BCUT2D eigenvalue weighted by Crippen LogP contribution is -2.00. The summed E-state index contributed by atoms with van der Waals surface area (Å²) in [6.45, 7) is 0. The Bertz CT molecular complexity index is 3500. The van der Waals surface area contributed by atoms with E-state index in [0.717, 1.165) is 77.6 Å². The largest absolute Gasteiger partial charge is 0.456 e. The van der Waals surface area contributed by atoms with Gasteiger partial charge < -0.3 is 4.42 Å². The monoisotopic (exact) mass is 804 g/mol. The number of nitriles is 1. The molecule has 2 aromatic heterocycles. The molecule has 5 heteroatoms. The molecule has 0 unspecified atom stereocenters. The zero-order valence-corrected chi connectivity index (χ0v) is 34.0. The summed E-state index contributed by atoms with van der Waals surface area (Å²) in [5.41, 5.74) is 15.9. The number of aromatic nitrogens is 3. The number of fused-ring (bicyclic) bond motifs is 3. The lowest BCUT2D eigenvalue weighted by Gasteiger charge is -2.10. The molecule has 0 bridgehead atoms. The Hall–Kier alpha value is -8.72. The van der Waals surface area contributed by atoms with Crippen LogP contribution in [0.2, 0.25) is 0 Å². The zero-order valence-electron chi connectivity index (χ0n) is 34.0. The second-order valence-corrected chi connectivity index (χ2v) is 15.5. The SMILES string of the molecule is N#Cc1cccc(-c2ccc(-c3nc(-c4ccc(-c5cccc(-c6ccccc6)c5)cc4)nc(-c4ccc5c(c4)oc4cccc(-c6cccc(-c7ccccc7)c6)c45)n3)cc2)c1. The first kappa shape index (κ1) is 37.3. The number of furan rings is 1. The Morgan fingerprint density at radius 3 is 1.32 bits per heavy atom. The molecule has 0 saturated carbocycles. The van der Waals surface area contributed by atoms with E-state index in [2.05, 4.69) is 152 Å². The molecule has 5 nitrogen and oxygen atoms in total. The first-order valence-electron chi connectivity index (χ1n) is 20.9. The molecule has 0 aliphatic carbocycles. The van der Waals surface area contributed by atoms with E-state index < -0.39 is 0 Å². The Kier molecular flexibility index (Phi) is 9.50. The van der Waals surface area contributed by atoms with Gasteiger partial charge in [-0.05, 0) is 98.1 Å². The molecule has 0 atom stereocenters. The fourth-order valence-corrected chi connectivity index (χ4v) is 8.37. The molecule has 11 aromatic rings. The van der Waals surface area contributed by atoms with Crippen LogP contribution in [0.15, 0.2) is 223 Å². The van der Waals surface area contributed by atoms with E-state index >= 15 is 0 Å². The Morgan fingerprint density at radius 2 is 0.746 bits per heavy atom. The van der Waals surface area contributed by atoms with E-state index in [1.807, 2.05) is 72.8 Å². The molecule has 2 heterocycles. The van der Waals surface area contributed by atoms with Gasteiger partial charge in [0.2, 0.25) is 0 Å². The van der Waals surface area contributed by atoms with Crippen LogP contribution in [0.25, 0.3) is 112 Å². The summed E-state index contributed by atoms with van der Waals surface area (Å²) in [4.78, 5) is 15.3. The summed E-state index contributed by atoms with van der Waals surface area (Å²) in [5, 5.41) is 11.6. The van der Waals surface area contributed by atoms with Crippen molar-refractivity contribution in [3.63, 3.8) is 0 Å². The Morgan fingerprint density at radius 1 is 0.317 bits per heavy atom. The standard InChI is InChI=1S/C58H36N4O/c59-37-38-11-7-16-45(33-38)41-23-27-43(28-24-41)56-60-57(44-29-25-42(26-30-44)47-18-8-17-46(34-47)39-12-3-1-4-13-39)62-58(61-56)50-31-32-52-54(36-50)63-53-22-10-21-51(55(52)53)49-20-9-19-48(35-49)40-14-5-2-6-15-40/h1-36H. The van der Waals surface area contributed by atoms with Gasteiger partial charge >= 0.3 is 0 Å². The average Bonchev–Trinajstić information content (AvgIpc) is 3.75. The van der Waals surface area contributed by atoms with E-state index in [4.69, 9.17) is 19.4 Å². The van der Waals surface area contributed by atoms with Gasteiger partial charge in [0.1, 0.15) is 11.2 Å².